The molecule has 5 heteroatoms. The fourth-order valence-electron chi connectivity index (χ4n) is 4.29. The molecule has 1 aliphatic carbocycles. The van der Waals surface area contributed by atoms with E-state index >= 15 is 0 Å². The number of benzene rings is 2. The molecule has 29 heavy (non-hydrogen) atoms. The van der Waals surface area contributed by atoms with Crippen molar-refractivity contribution in [3.63, 3.8) is 0 Å². The van der Waals surface area contributed by atoms with Gasteiger partial charge in [0.25, 0.3) is 0 Å². The molecule has 0 aliphatic heterocycles. The van der Waals surface area contributed by atoms with Crippen LogP contribution in [0.15, 0.2) is 48.5 Å². The number of carbonyl (C=O) groups excluding carboxylic acids is 1. The molecule has 3 N–H and O–H groups in total. The largest absolute Gasteiger partial charge is 0.481 e. The number of anilines is 2. The maximum atomic E-state index is 13.0. The number of rotatable bonds is 6. The third-order valence-electron chi connectivity index (χ3n) is 5.99. The number of aliphatic carboxylic acids is 1. The molecule has 0 radical (unpaired) electrons. The van der Waals surface area contributed by atoms with E-state index in [-0.39, 0.29) is 11.8 Å². The lowest BCUT2D eigenvalue weighted by molar-refractivity contribution is -0.148. The minimum atomic E-state index is -0.900. The van der Waals surface area contributed by atoms with Gasteiger partial charge in [0.1, 0.15) is 0 Å². The number of carboxylic acid groups (broad SMARTS) is 1. The molecule has 154 valence electrons. The second kappa shape index (κ2) is 9.12. The van der Waals surface area contributed by atoms with Gasteiger partial charge in [-0.25, -0.2) is 0 Å². The molecule has 5 nitrogen and oxygen atoms in total. The summed E-state index contributed by atoms with van der Waals surface area (Å²) in [4.78, 5) is 25.1. The minimum Gasteiger partial charge on any atom is -0.481 e. The van der Waals surface area contributed by atoms with Gasteiger partial charge in [0.2, 0.25) is 5.91 Å². The molecule has 0 aromatic heterocycles. The summed E-state index contributed by atoms with van der Waals surface area (Å²) in [5.41, 5.74) is 3.88. The van der Waals surface area contributed by atoms with Crippen molar-refractivity contribution in [3.8, 4) is 0 Å². The summed E-state index contributed by atoms with van der Waals surface area (Å²) in [5, 5.41) is 16.0. The highest BCUT2D eigenvalue weighted by Crippen LogP contribution is 2.42. The molecule has 1 saturated carbocycles. The Hall–Kier alpha value is -2.82. The summed E-state index contributed by atoms with van der Waals surface area (Å²) in [6.45, 7) is 4.24. The monoisotopic (exact) mass is 394 g/mol. The molecule has 2 aromatic carbocycles. The van der Waals surface area contributed by atoms with Gasteiger partial charge in [0.05, 0.1) is 11.8 Å². The number of amides is 1. The lowest BCUT2D eigenvalue weighted by Gasteiger charge is -2.35. The van der Waals surface area contributed by atoms with Crippen LogP contribution in [0, 0.1) is 11.8 Å². The molecule has 0 unspecified atom stereocenters. The Bertz CT molecular complexity index is 843. The molecule has 3 rings (SSSR count). The van der Waals surface area contributed by atoms with Crippen molar-refractivity contribution in [2.75, 3.05) is 17.7 Å². The van der Waals surface area contributed by atoms with E-state index in [2.05, 4.69) is 24.5 Å². The number of carbonyl (C=O) groups is 2. The molecule has 0 heterocycles. The lowest BCUT2D eigenvalue weighted by Crippen LogP contribution is -2.40. The third-order valence-corrected chi connectivity index (χ3v) is 5.99. The highest BCUT2D eigenvalue weighted by Gasteiger charge is 2.42. The van der Waals surface area contributed by atoms with Crippen LogP contribution in [0.25, 0.3) is 0 Å². The van der Waals surface area contributed by atoms with E-state index in [9.17, 15) is 14.7 Å². The average Bonchev–Trinajstić information content (AvgIpc) is 2.73. The third kappa shape index (κ3) is 4.78. The van der Waals surface area contributed by atoms with Gasteiger partial charge < -0.3 is 15.7 Å². The highest BCUT2D eigenvalue weighted by molar-refractivity contribution is 5.95. The number of hydrogen-bond acceptors (Lipinski definition) is 3. The van der Waals surface area contributed by atoms with Crippen LogP contribution in [0.4, 0.5) is 11.4 Å². The van der Waals surface area contributed by atoms with Gasteiger partial charge in [-0.15, -0.1) is 0 Å². The summed E-state index contributed by atoms with van der Waals surface area (Å²) in [7, 11) is 1.85. The Morgan fingerprint density at radius 1 is 0.966 bits per heavy atom. The minimum absolute atomic E-state index is 0.161. The van der Waals surface area contributed by atoms with Gasteiger partial charge >= 0.3 is 5.97 Å². The second-order valence-corrected chi connectivity index (χ2v) is 8.15. The van der Waals surface area contributed by atoms with Crippen LogP contribution in [0.5, 0.6) is 0 Å². The van der Waals surface area contributed by atoms with Crippen LogP contribution >= 0.6 is 0 Å². The lowest BCUT2D eigenvalue weighted by atomic mass is 9.69. The number of hydrogen-bond donors (Lipinski definition) is 3. The topological polar surface area (TPSA) is 78.4 Å². The van der Waals surface area contributed by atoms with Crippen LogP contribution in [-0.4, -0.2) is 24.0 Å². The Kier molecular flexibility index (Phi) is 6.57. The zero-order chi connectivity index (χ0) is 21.0. The molecule has 2 aromatic rings. The van der Waals surface area contributed by atoms with E-state index in [1.807, 2.05) is 55.6 Å². The van der Waals surface area contributed by atoms with Gasteiger partial charge in [0, 0.05) is 18.4 Å². The smallest absolute Gasteiger partial charge is 0.307 e. The molecule has 1 amide bonds. The first-order valence-corrected chi connectivity index (χ1v) is 10.3. The van der Waals surface area contributed by atoms with Gasteiger partial charge in [-0.3, -0.25) is 9.59 Å². The highest BCUT2D eigenvalue weighted by atomic mass is 16.4. The van der Waals surface area contributed by atoms with Gasteiger partial charge in [-0.1, -0.05) is 44.5 Å². The molecule has 0 saturated heterocycles. The Labute approximate surface area is 172 Å². The van der Waals surface area contributed by atoms with Crippen molar-refractivity contribution in [3.05, 3.63) is 59.7 Å². The van der Waals surface area contributed by atoms with Gasteiger partial charge in [-0.2, -0.15) is 0 Å². The van der Waals surface area contributed by atoms with Crippen molar-refractivity contribution in [2.45, 2.75) is 44.9 Å². The van der Waals surface area contributed by atoms with E-state index in [0.29, 0.717) is 18.0 Å². The predicted molar refractivity (Wildman–Crippen MR) is 116 cm³/mol. The standard InChI is InChI=1S/C24H30N2O3/c1-15(2)16-7-13-19(14-8-16)26-23(27)21-6-4-5-20(22(21)24(28)29)17-9-11-18(25-3)12-10-17/h7-15,20-22,25H,4-6H2,1-3H3,(H,26,27)(H,28,29)/t20-,21-,22-/m1/s1. The number of nitrogens with one attached hydrogen (secondary N) is 2. The number of carboxylic acids is 1. The quantitative estimate of drug-likeness (QED) is 0.639. The van der Waals surface area contributed by atoms with E-state index in [1.54, 1.807) is 0 Å². The van der Waals surface area contributed by atoms with Crippen LogP contribution < -0.4 is 10.6 Å². The fraction of sp³-hybridized carbons (Fsp3) is 0.417. The summed E-state index contributed by atoms with van der Waals surface area (Å²) in [5.74, 6) is -2.11. The first kappa shape index (κ1) is 20.9. The van der Waals surface area contributed by atoms with E-state index in [1.165, 1.54) is 5.56 Å². The zero-order valence-electron chi connectivity index (χ0n) is 17.3. The summed E-state index contributed by atoms with van der Waals surface area (Å²) in [6.07, 6.45) is 2.22. The molecule has 3 atom stereocenters. The molecule has 0 spiro atoms. The summed E-state index contributed by atoms with van der Waals surface area (Å²) >= 11 is 0. The van der Waals surface area contributed by atoms with Crippen molar-refractivity contribution in [1.29, 1.82) is 0 Å². The van der Waals surface area contributed by atoms with E-state index < -0.39 is 17.8 Å². The fourth-order valence-corrected chi connectivity index (χ4v) is 4.29. The Morgan fingerprint density at radius 2 is 1.59 bits per heavy atom. The van der Waals surface area contributed by atoms with E-state index in [4.69, 9.17) is 0 Å². The molecular formula is C24H30N2O3. The van der Waals surface area contributed by atoms with Crippen molar-refractivity contribution in [1.82, 2.24) is 0 Å². The van der Waals surface area contributed by atoms with E-state index in [0.717, 1.165) is 24.1 Å². The van der Waals surface area contributed by atoms with Crippen molar-refractivity contribution >= 4 is 23.3 Å². The second-order valence-electron chi connectivity index (χ2n) is 8.15. The normalized spacial score (nSPS) is 21.6. The van der Waals surface area contributed by atoms with Gasteiger partial charge in [-0.05, 0) is 60.1 Å². The summed E-state index contributed by atoms with van der Waals surface area (Å²) < 4.78 is 0. The first-order chi connectivity index (χ1) is 13.9. The van der Waals surface area contributed by atoms with Crippen LogP contribution in [0.2, 0.25) is 0 Å². The van der Waals surface area contributed by atoms with Crippen LogP contribution in [0.3, 0.4) is 0 Å². The van der Waals surface area contributed by atoms with Crippen LogP contribution in [-0.2, 0) is 9.59 Å². The SMILES string of the molecule is CNc1ccc([C@H]2CCC[C@@H](C(=O)Nc3ccc(C(C)C)cc3)[C@@H]2C(=O)O)cc1. The molecular weight excluding hydrogens is 364 g/mol. The average molecular weight is 395 g/mol. The Balaban J connectivity index is 1.79. The molecule has 1 aliphatic rings. The van der Waals surface area contributed by atoms with Crippen molar-refractivity contribution < 1.29 is 14.7 Å². The maximum absolute atomic E-state index is 13.0. The molecule has 0 bridgehead atoms. The Morgan fingerprint density at radius 3 is 2.14 bits per heavy atom. The first-order valence-electron chi connectivity index (χ1n) is 10.3. The zero-order valence-corrected chi connectivity index (χ0v) is 17.3. The van der Waals surface area contributed by atoms with Crippen LogP contribution in [0.1, 0.15) is 56.1 Å². The van der Waals surface area contributed by atoms with Crippen molar-refractivity contribution in [2.24, 2.45) is 11.8 Å². The molecule has 1 fully saturated rings. The predicted octanol–water partition coefficient (Wildman–Crippen LogP) is 5.07. The van der Waals surface area contributed by atoms with Gasteiger partial charge in [0.15, 0.2) is 0 Å². The maximum Gasteiger partial charge on any atom is 0.307 e. The summed E-state index contributed by atoms with van der Waals surface area (Å²) in [6, 6.07) is 15.6.